The maximum Gasteiger partial charge on any atom is 0.315 e. The van der Waals surface area contributed by atoms with E-state index in [2.05, 4.69) is 16.0 Å². The molecule has 2 aromatic rings. The average molecular weight is 416 g/mol. The lowest BCUT2D eigenvalue weighted by atomic mass is 10.2. The summed E-state index contributed by atoms with van der Waals surface area (Å²) in [7, 11) is 0. The van der Waals surface area contributed by atoms with Gasteiger partial charge in [0.25, 0.3) is 5.91 Å². The van der Waals surface area contributed by atoms with Crippen LogP contribution < -0.4 is 21.7 Å². The van der Waals surface area contributed by atoms with Crippen LogP contribution in [0.4, 0.5) is 16.2 Å². The zero-order valence-corrected chi connectivity index (χ0v) is 16.9. The number of thiophene rings is 1. The number of hydrogen-bond acceptors (Lipinski definition) is 5. The van der Waals surface area contributed by atoms with Crippen LogP contribution in [0.15, 0.2) is 36.4 Å². The first-order chi connectivity index (χ1) is 14.0. The first-order valence-electron chi connectivity index (χ1n) is 9.57. The summed E-state index contributed by atoms with van der Waals surface area (Å²) in [4.78, 5) is 39.0. The Morgan fingerprint density at radius 3 is 2.72 bits per heavy atom. The zero-order chi connectivity index (χ0) is 20.6. The van der Waals surface area contributed by atoms with Gasteiger partial charge in [0, 0.05) is 30.9 Å². The number of hydrogen-bond donors (Lipinski definition) is 4. The lowest BCUT2D eigenvalue weighted by Crippen LogP contribution is -2.37. The molecule has 0 aliphatic carbocycles. The first-order valence-corrected chi connectivity index (χ1v) is 10.4. The lowest BCUT2D eigenvalue weighted by molar-refractivity contribution is -0.127. The summed E-state index contributed by atoms with van der Waals surface area (Å²) >= 11 is 1.31. The SMILES string of the molecule is Nc1ccccc1NC(=O)c1ccc(CNC(=O)NCCCN2CCCC2=O)s1. The average Bonchev–Trinajstić information content (AvgIpc) is 3.34. The van der Waals surface area contributed by atoms with Crippen LogP contribution in [0.3, 0.4) is 0 Å². The molecule has 4 amide bonds. The molecule has 1 saturated heterocycles. The Bertz CT molecular complexity index is 883. The maximum atomic E-state index is 12.3. The summed E-state index contributed by atoms with van der Waals surface area (Å²) < 4.78 is 0. The van der Waals surface area contributed by atoms with E-state index in [-0.39, 0.29) is 17.8 Å². The van der Waals surface area contributed by atoms with E-state index in [1.165, 1.54) is 11.3 Å². The van der Waals surface area contributed by atoms with E-state index in [0.29, 0.717) is 42.3 Å². The third-order valence-electron chi connectivity index (χ3n) is 4.58. The van der Waals surface area contributed by atoms with Gasteiger partial charge in [0.1, 0.15) is 0 Å². The Labute approximate surface area is 173 Å². The second-order valence-corrected chi connectivity index (χ2v) is 7.92. The summed E-state index contributed by atoms with van der Waals surface area (Å²) in [5, 5.41) is 8.34. The number of rotatable bonds is 8. The number of nitrogens with zero attached hydrogens (tertiary/aromatic N) is 1. The Morgan fingerprint density at radius 1 is 1.14 bits per heavy atom. The van der Waals surface area contributed by atoms with Crippen molar-refractivity contribution in [3.63, 3.8) is 0 Å². The van der Waals surface area contributed by atoms with Gasteiger partial charge >= 0.3 is 6.03 Å². The molecular formula is C20H25N5O3S. The fourth-order valence-corrected chi connectivity index (χ4v) is 3.87. The van der Waals surface area contributed by atoms with Gasteiger partial charge in [-0.1, -0.05) is 12.1 Å². The molecule has 2 heterocycles. The molecule has 0 atom stereocenters. The van der Waals surface area contributed by atoms with E-state index in [4.69, 9.17) is 5.73 Å². The van der Waals surface area contributed by atoms with E-state index >= 15 is 0 Å². The van der Waals surface area contributed by atoms with Gasteiger partial charge in [0.05, 0.1) is 22.8 Å². The van der Waals surface area contributed by atoms with Gasteiger partial charge in [-0.25, -0.2) is 4.79 Å². The van der Waals surface area contributed by atoms with E-state index in [9.17, 15) is 14.4 Å². The molecule has 8 nitrogen and oxygen atoms in total. The number of nitrogen functional groups attached to an aromatic ring is 1. The van der Waals surface area contributed by atoms with Crippen LogP contribution in [-0.4, -0.2) is 42.4 Å². The molecule has 29 heavy (non-hydrogen) atoms. The van der Waals surface area contributed by atoms with E-state index in [1.807, 2.05) is 11.0 Å². The predicted molar refractivity (Wildman–Crippen MR) is 114 cm³/mol. The Hall–Kier alpha value is -3.07. The maximum absolute atomic E-state index is 12.3. The summed E-state index contributed by atoms with van der Waals surface area (Å²) in [6.45, 7) is 2.33. The van der Waals surface area contributed by atoms with E-state index in [1.54, 1.807) is 30.3 Å². The molecule has 1 aromatic heterocycles. The van der Waals surface area contributed by atoms with Crippen molar-refractivity contribution < 1.29 is 14.4 Å². The van der Waals surface area contributed by atoms with Gasteiger partial charge < -0.3 is 26.6 Å². The van der Waals surface area contributed by atoms with Gasteiger partial charge in [0.15, 0.2) is 0 Å². The molecule has 0 saturated carbocycles. The molecule has 9 heteroatoms. The van der Waals surface area contributed by atoms with Crippen LogP contribution in [0.25, 0.3) is 0 Å². The number of carbonyl (C=O) groups excluding carboxylic acids is 3. The Balaban J connectivity index is 1.37. The van der Waals surface area contributed by atoms with Gasteiger partial charge in [-0.05, 0) is 37.1 Å². The highest BCUT2D eigenvalue weighted by atomic mass is 32.1. The van der Waals surface area contributed by atoms with Gasteiger partial charge in [-0.2, -0.15) is 0 Å². The minimum absolute atomic E-state index is 0.196. The minimum atomic E-state index is -0.269. The van der Waals surface area contributed by atoms with E-state index < -0.39 is 0 Å². The van der Waals surface area contributed by atoms with Crippen LogP contribution in [0.1, 0.15) is 33.8 Å². The van der Waals surface area contributed by atoms with Crippen molar-refractivity contribution in [1.82, 2.24) is 15.5 Å². The number of para-hydroxylation sites is 2. The number of nitrogens with one attached hydrogen (secondary N) is 3. The molecule has 5 N–H and O–H groups in total. The van der Waals surface area contributed by atoms with Crippen molar-refractivity contribution in [2.45, 2.75) is 25.8 Å². The van der Waals surface area contributed by atoms with Crippen LogP contribution in [0.5, 0.6) is 0 Å². The number of anilines is 2. The standard InChI is InChI=1S/C20H25N5O3S/c21-15-5-1-2-6-16(15)24-19(27)17-9-8-14(29-17)13-23-20(28)22-10-4-12-25-11-3-7-18(25)26/h1-2,5-6,8-9H,3-4,7,10-13,21H2,(H,24,27)(H2,22,23,28). The predicted octanol–water partition coefficient (Wildman–Crippen LogP) is 2.39. The number of carbonyl (C=O) groups is 3. The van der Waals surface area contributed by atoms with Gasteiger partial charge in [-0.15, -0.1) is 11.3 Å². The minimum Gasteiger partial charge on any atom is -0.397 e. The molecule has 1 aromatic carbocycles. The molecule has 1 aliphatic rings. The topological polar surface area (TPSA) is 117 Å². The second-order valence-electron chi connectivity index (χ2n) is 6.75. The quantitative estimate of drug-likeness (QED) is 0.391. The third kappa shape index (κ3) is 5.95. The number of amides is 4. The summed E-state index contributed by atoms with van der Waals surface area (Å²) in [6.07, 6.45) is 2.28. The molecule has 0 spiro atoms. The van der Waals surface area contributed by atoms with Crippen molar-refractivity contribution in [3.05, 3.63) is 46.2 Å². The highest BCUT2D eigenvalue weighted by Gasteiger charge is 2.19. The second kappa shape index (κ2) is 9.92. The molecule has 1 aliphatic heterocycles. The molecule has 3 rings (SSSR count). The van der Waals surface area contributed by atoms with Gasteiger partial charge in [0.2, 0.25) is 5.91 Å². The number of likely N-dealkylation sites (tertiary alicyclic amines) is 1. The molecule has 154 valence electrons. The number of benzene rings is 1. The van der Waals surface area contributed by atoms with E-state index in [0.717, 1.165) is 24.3 Å². The Kier molecular flexibility index (Phi) is 7.07. The molecule has 1 fully saturated rings. The van der Waals surface area contributed by atoms with Crippen molar-refractivity contribution in [1.29, 1.82) is 0 Å². The normalized spacial score (nSPS) is 13.4. The smallest absolute Gasteiger partial charge is 0.315 e. The van der Waals surface area contributed by atoms with Crippen molar-refractivity contribution in [2.75, 3.05) is 30.7 Å². The molecule has 0 radical (unpaired) electrons. The third-order valence-corrected chi connectivity index (χ3v) is 5.66. The summed E-state index contributed by atoms with van der Waals surface area (Å²) in [5.41, 5.74) is 6.91. The van der Waals surface area contributed by atoms with Crippen LogP contribution in [0, 0.1) is 0 Å². The van der Waals surface area contributed by atoms with Crippen LogP contribution in [0.2, 0.25) is 0 Å². The fraction of sp³-hybridized carbons (Fsp3) is 0.350. The molecular weight excluding hydrogens is 390 g/mol. The van der Waals surface area contributed by atoms with Crippen molar-refractivity contribution >= 4 is 40.6 Å². The number of nitrogens with two attached hydrogens (primary N) is 1. The fourth-order valence-electron chi connectivity index (χ4n) is 3.03. The highest BCUT2D eigenvalue weighted by molar-refractivity contribution is 7.14. The lowest BCUT2D eigenvalue weighted by Gasteiger charge is -2.15. The van der Waals surface area contributed by atoms with Gasteiger partial charge in [-0.3, -0.25) is 9.59 Å². The highest BCUT2D eigenvalue weighted by Crippen LogP contribution is 2.21. The Morgan fingerprint density at radius 2 is 1.97 bits per heavy atom. The molecule has 0 unspecified atom stereocenters. The zero-order valence-electron chi connectivity index (χ0n) is 16.1. The van der Waals surface area contributed by atoms with Crippen LogP contribution >= 0.6 is 11.3 Å². The van der Waals surface area contributed by atoms with Crippen molar-refractivity contribution in [3.8, 4) is 0 Å². The summed E-state index contributed by atoms with van der Waals surface area (Å²) in [5.74, 6) is -0.0398. The number of urea groups is 1. The monoisotopic (exact) mass is 415 g/mol. The largest absolute Gasteiger partial charge is 0.397 e. The van der Waals surface area contributed by atoms with Crippen LogP contribution in [-0.2, 0) is 11.3 Å². The summed E-state index contributed by atoms with van der Waals surface area (Å²) in [6, 6.07) is 10.3. The molecule has 0 bridgehead atoms. The van der Waals surface area contributed by atoms with Crippen molar-refractivity contribution in [2.24, 2.45) is 0 Å². The first kappa shape index (κ1) is 20.7.